The summed E-state index contributed by atoms with van der Waals surface area (Å²) in [7, 11) is 4.06. The summed E-state index contributed by atoms with van der Waals surface area (Å²) in [6.45, 7) is 6.45. The zero-order chi connectivity index (χ0) is 18.5. The van der Waals surface area contributed by atoms with Crippen molar-refractivity contribution in [3.63, 3.8) is 0 Å². The Hall–Kier alpha value is -1.42. The number of ether oxygens (including phenoxy) is 2. The van der Waals surface area contributed by atoms with Gasteiger partial charge in [0.25, 0.3) is 0 Å². The van der Waals surface area contributed by atoms with Crippen molar-refractivity contribution < 1.29 is 14.6 Å². The lowest BCUT2D eigenvalue weighted by molar-refractivity contribution is 0.263. The van der Waals surface area contributed by atoms with Crippen LogP contribution in [0, 0.1) is 0 Å². The second-order valence-corrected chi connectivity index (χ2v) is 7.00. The Labute approximate surface area is 154 Å². The number of phenolic OH excluding ortho intramolecular Hbond substituents is 1. The van der Waals surface area contributed by atoms with E-state index in [4.69, 9.17) is 9.47 Å². The van der Waals surface area contributed by atoms with Crippen molar-refractivity contribution >= 4 is 0 Å². The summed E-state index contributed by atoms with van der Waals surface area (Å²) in [6, 6.07) is 3.86. The molecule has 0 fully saturated rings. The predicted molar refractivity (Wildman–Crippen MR) is 105 cm³/mol. The molecule has 25 heavy (non-hydrogen) atoms. The van der Waals surface area contributed by atoms with Gasteiger partial charge in [-0.15, -0.1) is 0 Å². The normalized spacial score (nSPS) is 11.1. The third-order valence-electron chi connectivity index (χ3n) is 4.11. The van der Waals surface area contributed by atoms with E-state index >= 15 is 0 Å². The Morgan fingerprint density at radius 3 is 1.68 bits per heavy atom. The standard InChI is InChI=1S/C21H37NO3/c1-5-7-9-11-13-24-19-15-18(17-22(3)4)16-20(21(19)23)25-14-12-10-8-6-2/h15-16,23H,5-14,17H2,1-4H3. The Morgan fingerprint density at radius 1 is 0.800 bits per heavy atom. The number of hydrogen-bond acceptors (Lipinski definition) is 4. The molecule has 0 saturated heterocycles. The lowest BCUT2D eigenvalue weighted by atomic mass is 10.1. The summed E-state index contributed by atoms with van der Waals surface area (Å²) < 4.78 is 11.7. The van der Waals surface area contributed by atoms with E-state index in [2.05, 4.69) is 18.7 Å². The number of rotatable bonds is 14. The molecular formula is C21H37NO3. The molecule has 0 aliphatic rings. The molecule has 0 aliphatic carbocycles. The molecule has 1 N–H and O–H groups in total. The average molecular weight is 352 g/mol. The minimum atomic E-state index is 0.133. The minimum Gasteiger partial charge on any atom is -0.502 e. The van der Waals surface area contributed by atoms with Crippen LogP contribution in [0.3, 0.4) is 0 Å². The molecule has 1 rings (SSSR count). The van der Waals surface area contributed by atoms with Crippen molar-refractivity contribution in [3.05, 3.63) is 17.7 Å². The summed E-state index contributed by atoms with van der Waals surface area (Å²) in [5, 5.41) is 10.5. The molecule has 0 saturated carbocycles. The second-order valence-electron chi connectivity index (χ2n) is 7.00. The van der Waals surface area contributed by atoms with E-state index in [-0.39, 0.29) is 5.75 Å². The van der Waals surface area contributed by atoms with Gasteiger partial charge in [0.05, 0.1) is 13.2 Å². The number of unbranched alkanes of at least 4 members (excludes halogenated alkanes) is 6. The third-order valence-corrected chi connectivity index (χ3v) is 4.11. The Morgan fingerprint density at radius 2 is 1.28 bits per heavy atom. The lowest BCUT2D eigenvalue weighted by Gasteiger charge is -2.17. The number of benzene rings is 1. The molecule has 0 radical (unpaired) electrons. The molecule has 4 nitrogen and oxygen atoms in total. The zero-order valence-electron chi connectivity index (χ0n) is 16.6. The first-order chi connectivity index (χ1) is 12.1. The van der Waals surface area contributed by atoms with Gasteiger partial charge in [-0.3, -0.25) is 0 Å². The fourth-order valence-corrected chi connectivity index (χ4v) is 2.73. The first kappa shape index (κ1) is 21.6. The van der Waals surface area contributed by atoms with Gasteiger partial charge in [-0.1, -0.05) is 52.4 Å². The van der Waals surface area contributed by atoms with E-state index in [1.807, 2.05) is 26.2 Å². The molecule has 0 heterocycles. The molecule has 0 spiro atoms. The van der Waals surface area contributed by atoms with Crippen LogP contribution in [0.1, 0.15) is 70.8 Å². The number of aromatic hydroxyl groups is 1. The molecule has 1 aromatic rings. The summed E-state index contributed by atoms with van der Waals surface area (Å²) in [5.41, 5.74) is 1.09. The largest absolute Gasteiger partial charge is 0.502 e. The second kappa shape index (κ2) is 12.9. The van der Waals surface area contributed by atoms with Gasteiger partial charge < -0.3 is 19.5 Å². The number of phenols is 1. The highest BCUT2D eigenvalue weighted by molar-refractivity contribution is 5.52. The van der Waals surface area contributed by atoms with Gasteiger partial charge in [0.2, 0.25) is 5.75 Å². The maximum absolute atomic E-state index is 10.5. The summed E-state index contributed by atoms with van der Waals surface area (Å²) in [4.78, 5) is 2.10. The van der Waals surface area contributed by atoms with Crippen molar-refractivity contribution in [3.8, 4) is 17.2 Å². The van der Waals surface area contributed by atoms with Crippen LogP contribution in [-0.2, 0) is 6.54 Å². The summed E-state index contributed by atoms with van der Waals surface area (Å²) in [6.07, 6.45) is 9.21. The van der Waals surface area contributed by atoms with Crippen LogP contribution in [-0.4, -0.2) is 37.3 Å². The highest BCUT2D eigenvalue weighted by atomic mass is 16.5. The lowest BCUT2D eigenvalue weighted by Crippen LogP contribution is -2.11. The molecule has 4 heteroatoms. The highest BCUT2D eigenvalue weighted by Crippen LogP contribution is 2.38. The van der Waals surface area contributed by atoms with E-state index in [1.54, 1.807) is 0 Å². The SMILES string of the molecule is CCCCCCOc1cc(CN(C)C)cc(OCCCCCC)c1O. The molecule has 1 aromatic carbocycles. The van der Waals surface area contributed by atoms with Gasteiger partial charge >= 0.3 is 0 Å². The van der Waals surface area contributed by atoms with Crippen LogP contribution in [0.2, 0.25) is 0 Å². The van der Waals surface area contributed by atoms with Crippen molar-refractivity contribution in [2.45, 2.75) is 71.8 Å². The Balaban J connectivity index is 2.70. The maximum Gasteiger partial charge on any atom is 0.200 e. The first-order valence-corrected chi connectivity index (χ1v) is 9.84. The van der Waals surface area contributed by atoms with E-state index < -0.39 is 0 Å². The van der Waals surface area contributed by atoms with E-state index in [0.717, 1.165) is 37.8 Å². The summed E-state index contributed by atoms with van der Waals surface area (Å²) >= 11 is 0. The van der Waals surface area contributed by atoms with E-state index in [0.29, 0.717) is 24.7 Å². The van der Waals surface area contributed by atoms with E-state index in [1.165, 1.54) is 25.7 Å². The molecule has 0 unspecified atom stereocenters. The molecule has 144 valence electrons. The Kier molecular flexibility index (Phi) is 11.1. The molecule has 0 atom stereocenters. The van der Waals surface area contributed by atoms with Gasteiger partial charge in [0.15, 0.2) is 11.5 Å². The van der Waals surface area contributed by atoms with Gasteiger partial charge in [-0.05, 0) is 44.6 Å². The van der Waals surface area contributed by atoms with Crippen LogP contribution in [0.25, 0.3) is 0 Å². The van der Waals surface area contributed by atoms with Gasteiger partial charge in [-0.2, -0.15) is 0 Å². The number of hydrogen-bond donors (Lipinski definition) is 1. The van der Waals surface area contributed by atoms with Gasteiger partial charge in [-0.25, -0.2) is 0 Å². The first-order valence-electron chi connectivity index (χ1n) is 9.84. The monoisotopic (exact) mass is 351 g/mol. The van der Waals surface area contributed by atoms with Crippen molar-refractivity contribution in [2.75, 3.05) is 27.3 Å². The van der Waals surface area contributed by atoms with E-state index in [9.17, 15) is 5.11 Å². The molecule has 0 amide bonds. The van der Waals surface area contributed by atoms with Gasteiger partial charge in [0, 0.05) is 6.54 Å². The highest BCUT2D eigenvalue weighted by Gasteiger charge is 2.13. The Bertz CT molecular complexity index is 439. The molecule has 0 aliphatic heterocycles. The fraction of sp³-hybridized carbons (Fsp3) is 0.714. The van der Waals surface area contributed by atoms with Crippen LogP contribution in [0.15, 0.2) is 12.1 Å². The zero-order valence-corrected chi connectivity index (χ0v) is 16.6. The minimum absolute atomic E-state index is 0.133. The maximum atomic E-state index is 10.5. The van der Waals surface area contributed by atoms with Crippen LogP contribution in [0.5, 0.6) is 17.2 Å². The smallest absolute Gasteiger partial charge is 0.200 e. The van der Waals surface area contributed by atoms with Crippen LogP contribution in [0.4, 0.5) is 0 Å². The molecular weight excluding hydrogens is 314 g/mol. The predicted octanol–water partition coefficient (Wildman–Crippen LogP) is 5.37. The third kappa shape index (κ3) is 9.01. The quantitative estimate of drug-likeness (QED) is 0.457. The van der Waals surface area contributed by atoms with Crippen LogP contribution < -0.4 is 9.47 Å². The topological polar surface area (TPSA) is 41.9 Å². The fourth-order valence-electron chi connectivity index (χ4n) is 2.73. The number of nitrogens with zero attached hydrogens (tertiary/aromatic N) is 1. The van der Waals surface area contributed by atoms with Crippen molar-refractivity contribution in [1.82, 2.24) is 4.90 Å². The van der Waals surface area contributed by atoms with Crippen molar-refractivity contribution in [2.24, 2.45) is 0 Å². The van der Waals surface area contributed by atoms with Crippen molar-refractivity contribution in [1.29, 1.82) is 0 Å². The average Bonchev–Trinajstić information content (AvgIpc) is 2.57. The molecule has 0 aromatic heterocycles. The van der Waals surface area contributed by atoms with Gasteiger partial charge in [0.1, 0.15) is 0 Å². The summed E-state index contributed by atoms with van der Waals surface area (Å²) in [5.74, 6) is 1.22. The molecule has 0 bridgehead atoms. The van der Waals surface area contributed by atoms with Crippen LogP contribution >= 0.6 is 0 Å².